The molecule has 0 unspecified atom stereocenters. The molecule has 1 aromatic carbocycles. The molecule has 2 N–H and O–H groups in total. The lowest BCUT2D eigenvalue weighted by Gasteiger charge is -2.02. The van der Waals surface area contributed by atoms with Crippen molar-refractivity contribution in [1.82, 2.24) is 15.2 Å². The molecule has 3 rings (SSSR count). The first-order valence-electron chi connectivity index (χ1n) is 6.36. The van der Waals surface area contributed by atoms with Crippen molar-refractivity contribution in [3.8, 4) is 11.3 Å². The fourth-order valence-electron chi connectivity index (χ4n) is 1.91. The zero-order valence-electron chi connectivity index (χ0n) is 11.2. The van der Waals surface area contributed by atoms with Gasteiger partial charge in [0, 0.05) is 28.7 Å². The number of rotatable bonds is 3. The van der Waals surface area contributed by atoms with Gasteiger partial charge in [-0.25, -0.2) is 0 Å². The Hall–Kier alpha value is -2.37. The van der Waals surface area contributed by atoms with E-state index < -0.39 is 0 Å². The second kappa shape index (κ2) is 6.17. The SMILES string of the molecule is O=C(Nc1ccncc1)c1cc(-c2ccc(Cl)cc2Cl)n[nH]1. The van der Waals surface area contributed by atoms with Crippen LogP contribution in [0, 0.1) is 0 Å². The molecular weight excluding hydrogens is 323 g/mol. The molecule has 5 nitrogen and oxygen atoms in total. The van der Waals surface area contributed by atoms with Gasteiger partial charge in [-0.2, -0.15) is 5.10 Å². The van der Waals surface area contributed by atoms with Crippen molar-refractivity contribution in [2.45, 2.75) is 0 Å². The van der Waals surface area contributed by atoms with Crippen molar-refractivity contribution < 1.29 is 4.79 Å². The number of H-pyrrole nitrogens is 1. The summed E-state index contributed by atoms with van der Waals surface area (Å²) in [6.07, 6.45) is 3.20. The van der Waals surface area contributed by atoms with Gasteiger partial charge in [0.1, 0.15) is 5.69 Å². The molecule has 0 saturated carbocycles. The highest BCUT2D eigenvalue weighted by Crippen LogP contribution is 2.29. The zero-order chi connectivity index (χ0) is 15.5. The van der Waals surface area contributed by atoms with Crippen LogP contribution in [0.1, 0.15) is 10.5 Å². The largest absolute Gasteiger partial charge is 0.321 e. The molecule has 0 fully saturated rings. The zero-order valence-corrected chi connectivity index (χ0v) is 12.7. The van der Waals surface area contributed by atoms with Gasteiger partial charge in [0.15, 0.2) is 0 Å². The molecule has 0 aliphatic rings. The topological polar surface area (TPSA) is 70.7 Å². The van der Waals surface area contributed by atoms with Crippen LogP contribution < -0.4 is 5.32 Å². The summed E-state index contributed by atoms with van der Waals surface area (Å²) in [7, 11) is 0. The van der Waals surface area contributed by atoms with E-state index in [9.17, 15) is 4.79 Å². The fraction of sp³-hybridized carbons (Fsp3) is 0. The summed E-state index contributed by atoms with van der Waals surface area (Å²) >= 11 is 12.0. The van der Waals surface area contributed by atoms with Crippen molar-refractivity contribution in [3.63, 3.8) is 0 Å². The van der Waals surface area contributed by atoms with Gasteiger partial charge in [0.05, 0.1) is 10.7 Å². The molecule has 0 aliphatic carbocycles. The van der Waals surface area contributed by atoms with Crippen LogP contribution in [0.4, 0.5) is 5.69 Å². The van der Waals surface area contributed by atoms with Gasteiger partial charge in [0.25, 0.3) is 5.91 Å². The van der Waals surface area contributed by atoms with E-state index in [-0.39, 0.29) is 5.91 Å². The molecule has 22 heavy (non-hydrogen) atoms. The molecular formula is C15H10Cl2N4O. The van der Waals surface area contributed by atoms with E-state index in [0.29, 0.717) is 32.7 Å². The van der Waals surface area contributed by atoms with E-state index in [1.807, 2.05) is 0 Å². The quantitative estimate of drug-likeness (QED) is 0.760. The molecule has 3 aromatic rings. The number of nitrogens with zero attached hydrogens (tertiary/aromatic N) is 2. The number of benzene rings is 1. The average Bonchev–Trinajstić information content (AvgIpc) is 2.98. The summed E-state index contributed by atoms with van der Waals surface area (Å²) in [6, 6.07) is 10.1. The lowest BCUT2D eigenvalue weighted by molar-refractivity contribution is 0.102. The third kappa shape index (κ3) is 3.10. The molecule has 7 heteroatoms. The summed E-state index contributed by atoms with van der Waals surface area (Å²) in [4.78, 5) is 16.0. The molecule has 0 atom stereocenters. The van der Waals surface area contributed by atoms with Gasteiger partial charge < -0.3 is 5.32 Å². The van der Waals surface area contributed by atoms with E-state index in [2.05, 4.69) is 20.5 Å². The maximum Gasteiger partial charge on any atom is 0.273 e. The van der Waals surface area contributed by atoms with Gasteiger partial charge in [-0.3, -0.25) is 14.9 Å². The summed E-state index contributed by atoms with van der Waals surface area (Å²) < 4.78 is 0. The van der Waals surface area contributed by atoms with Gasteiger partial charge in [-0.05, 0) is 36.4 Å². The fourth-order valence-corrected chi connectivity index (χ4v) is 2.41. The Morgan fingerprint density at radius 3 is 2.59 bits per heavy atom. The second-order valence-electron chi connectivity index (χ2n) is 4.48. The molecule has 0 spiro atoms. The van der Waals surface area contributed by atoms with Crippen LogP contribution in [0.2, 0.25) is 10.0 Å². The average molecular weight is 333 g/mol. The van der Waals surface area contributed by atoms with Crippen LogP contribution in [-0.2, 0) is 0 Å². The third-order valence-electron chi connectivity index (χ3n) is 2.97. The lowest BCUT2D eigenvalue weighted by Crippen LogP contribution is -2.12. The minimum atomic E-state index is -0.296. The molecule has 110 valence electrons. The Morgan fingerprint density at radius 2 is 1.86 bits per heavy atom. The van der Waals surface area contributed by atoms with E-state index in [1.165, 1.54) is 0 Å². The number of aromatic amines is 1. The van der Waals surface area contributed by atoms with Crippen LogP contribution in [0.5, 0.6) is 0 Å². The molecule has 1 amide bonds. The smallest absolute Gasteiger partial charge is 0.273 e. The highest BCUT2D eigenvalue weighted by atomic mass is 35.5. The second-order valence-corrected chi connectivity index (χ2v) is 5.32. The molecule has 2 heterocycles. The normalized spacial score (nSPS) is 10.5. The Bertz CT molecular complexity index is 817. The van der Waals surface area contributed by atoms with E-state index in [0.717, 1.165) is 0 Å². The summed E-state index contributed by atoms with van der Waals surface area (Å²) in [5.41, 5.74) is 2.25. The standard InChI is InChI=1S/C15H10Cl2N4O/c16-9-1-2-11(12(17)7-9)13-8-14(21-20-13)15(22)19-10-3-5-18-6-4-10/h1-8H,(H,20,21)(H,18,19,22). The van der Waals surface area contributed by atoms with Crippen LogP contribution in [0.15, 0.2) is 48.8 Å². The molecule has 2 aromatic heterocycles. The molecule has 0 aliphatic heterocycles. The van der Waals surface area contributed by atoms with Crippen LogP contribution in [0.3, 0.4) is 0 Å². The summed E-state index contributed by atoms with van der Waals surface area (Å²) in [5, 5.41) is 10.6. The highest BCUT2D eigenvalue weighted by Gasteiger charge is 2.13. The number of hydrogen-bond donors (Lipinski definition) is 2. The first-order valence-corrected chi connectivity index (χ1v) is 7.11. The van der Waals surface area contributed by atoms with E-state index >= 15 is 0 Å². The minimum absolute atomic E-state index is 0.296. The highest BCUT2D eigenvalue weighted by molar-refractivity contribution is 6.36. The van der Waals surface area contributed by atoms with Crippen molar-refractivity contribution in [2.24, 2.45) is 0 Å². The Balaban J connectivity index is 1.83. The number of pyridine rings is 1. The van der Waals surface area contributed by atoms with Gasteiger partial charge in [0.2, 0.25) is 0 Å². The number of halogens is 2. The van der Waals surface area contributed by atoms with E-state index in [4.69, 9.17) is 23.2 Å². The van der Waals surface area contributed by atoms with Crippen molar-refractivity contribution in [2.75, 3.05) is 5.32 Å². The van der Waals surface area contributed by atoms with Crippen molar-refractivity contribution in [3.05, 3.63) is 64.5 Å². The number of aromatic nitrogens is 3. The molecule has 0 bridgehead atoms. The van der Waals surface area contributed by atoms with E-state index in [1.54, 1.807) is 48.8 Å². The predicted octanol–water partition coefficient (Wildman–Crippen LogP) is 4.03. The maximum absolute atomic E-state index is 12.1. The molecule has 0 radical (unpaired) electrons. The van der Waals surface area contributed by atoms with Gasteiger partial charge in [-0.1, -0.05) is 23.2 Å². The predicted molar refractivity (Wildman–Crippen MR) is 86.2 cm³/mol. The maximum atomic E-state index is 12.1. The number of carbonyl (C=O) groups is 1. The number of nitrogens with one attached hydrogen (secondary N) is 2. The monoisotopic (exact) mass is 332 g/mol. The Labute approximate surface area is 136 Å². The number of anilines is 1. The van der Waals surface area contributed by atoms with Crippen molar-refractivity contribution in [1.29, 1.82) is 0 Å². The van der Waals surface area contributed by atoms with Crippen LogP contribution in [0.25, 0.3) is 11.3 Å². The van der Waals surface area contributed by atoms with Crippen LogP contribution in [-0.4, -0.2) is 21.1 Å². The van der Waals surface area contributed by atoms with Crippen LogP contribution >= 0.6 is 23.2 Å². The minimum Gasteiger partial charge on any atom is -0.321 e. The summed E-state index contributed by atoms with van der Waals surface area (Å²) in [5.74, 6) is -0.296. The van der Waals surface area contributed by atoms with Gasteiger partial charge in [-0.15, -0.1) is 0 Å². The lowest BCUT2D eigenvalue weighted by atomic mass is 10.1. The Kier molecular flexibility index (Phi) is 4.09. The van der Waals surface area contributed by atoms with Gasteiger partial charge >= 0.3 is 0 Å². The third-order valence-corrected chi connectivity index (χ3v) is 3.52. The number of amides is 1. The number of carbonyl (C=O) groups excluding carboxylic acids is 1. The Morgan fingerprint density at radius 1 is 1.09 bits per heavy atom. The summed E-state index contributed by atoms with van der Waals surface area (Å²) in [6.45, 7) is 0. The molecule has 0 saturated heterocycles. The first kappa shape index (κ1) is 14.6. The number of hydrogen-bond acceptors (Lipinski definition) is 3. The first-order chi connectivity index (χ1) is 10.6. The van der Waals surface area contributed by atoms with Crippen molar-refractivity contribution >= 4 is 34.8 Å².